The van der Waals surface area contributed by atoms with Gasteiger partial charge in [-0.25, -0.2) is 4.68 Å². The van der Waals surface area contributed by atoms with Crippen molar-refractivity contribution < 1.29 is 23.5 Å². The van der Waals surface area contributed by atoms with E-state index in [0.29, 0.717) is 45.9 Å². The summed E-state index contributed by atoms with van der Waals surface area (Å²) in [5.74, 6) is 0.863. The molecule has 0 unspecified atom stereocenters. The summed E-state index contributed by atoms with van der Waals surface area (Å²) < 4.78 is 17.7. The van der Waals surface area contributed by atoms with Crippen LogP contribution < -0.4 is 20.1 Å². The summed E-state index contributed by atoms with van der Waals surface area (Å²) in [6.45, 7) is 0.352. The van der Waals surface area contributed by atoms with Crippen molar-refractivity contribution in [1.82, 2.24) is 20.2 Å². The van der Waals surface area contributed by atoms with Crippen molar-refractivity contribution in [3.05, 3.63) is 72.2 Å². The van der Waals surface area contributed by atoms with Crippen LogP contribution in [0, 0.1) is 0 Å². The van der Waals surface area contributed by atoms with Gasteiger partial charge in [-0.3, -0.25) is 9.59 Å². The Hall–Kier alpha value is -4.32. The third-order valence-electron chi connectivity index (χ3n) is 4.80. The fourth-order valence-corrected chi connectivity index (χ4v) is 3.82. The number of hydrogen-bond donors (Lipinski definition) is 2. The molecule has 0 spiro atoms. The molecule has 0 saturated heterocycles. The molecule has 0 atom stereocenters. The zero-order valence-electron chi connectivity index (χ0n) is 18.9. The molecule has 0 aliphatic heterocycles. The monoisotopic (exact) mass is 494 g/mol. The van der Waals surface area contributed by atoms with Gasteiger partial charge in [0.15, 0.2) is 0 Å². The van der Waals surface area contributed by atoms with Crippen molar-refractivity contribution in [3.63, 3.8) is 0 Å². The quantitative estimate of drug-likeness (QED) is 0.318. The van der Waals surface area contributed by atoms with Crippen LogP contribution in [0.15, 0.2) is 70.4 Å². The standard InChI is InChI=1S/C23H22N6O5S/c1-32-19-12-18(25-22(31)15-7-4-3-5-8-15)20(33-2)11-17(19)24-21(30)14-35-23-26-27-28-29(23)13-16-9-6-10-34-16/h3-12H,13-14H2,1-2H3,(H,24,30)(H,25,31). The molecule has 0 bridgehead atoms. The summed E-state index contributed by atoms with van der Waals surface area (Å²) in [6, 6.07) is 15.6. The summed E-state index contributed by atoms with van der Waals surface area (Å²) in [6.07, 6.45) is 1.57. The first-order chi connectivity index (χ1) is 17.1. The summed E-state index contributed by atoms with van der Waals surface area (Å²) in [5, 5.41) is 17.6. The van der Waals surface area contributed by atoms with Crippen molar-refractivity contribution in [3.8, 4) is 11.5 Å². The molecule has 0 aliphatic rings. The number of rotatable bonds is 10. The average Bonchev–Trinajstić information content (AvgIpc) is 3.56. The summed E-state index contributed by atoms with van der Waals surface area (Å²) in [5.41, 5.74) is 1.29. The van der Waals surface area contributed by atoms with Gasteiger partial charge in [-0.05, 0) is 34.7 Å². The number of ether oxygens (including phenoxy) is 2. The van der Waals surface area contributed by atoms with Gasteiger partial charge in [0.25, 0.3) is 5.91 Å². The molecule has 180 valence electrons. The summed E-state index contributed by atoms with van der Waals surface area (Å²) in [7, 11) is 2.94. The fourth-order valence-electron chi connectivity index (χ4n) is 3.14. The molecular weight excluding hydrogens is 472 g/mol. The Balaban J connectivity index is 1.43. The SMILES string of the molecule is COc1cc(NC(=O)c2ccccc2)c(OC)cc1NC(=O)CSc1nnnn1Cc1ccco1. The van der Waals surface area contributed by atoms with Crippen LogP contribution in [0.2, 0.25) is 0 Å². The van der Waals surface area contributed by atoms with E-state index in [2.05, 4.69) is 26.2 Å². The minimum atomic E-state index is -0.302. The normalized spacial score (nSPS) is 10.6. The molecule has 2 heterocycles. The van der Waals surface area contributed by atoms with Crippen molar-refractivity contribution >= 4 is 35.0 Å². The maximum Gasteiger partial charge on any atom is 0.255 e. The van der Waals surface area contributed by atoms with Crippen LogP contribution in [0.25, 0.3) is 0 Å². The van der Waals surface area contributed by atoms with Gasteiger partial charge in [0.2, 0.25) is 11.1 Å². The van der Waals surface area contributed by atoms with Gasteiger partial charge in [-0.15, -0.1) is 5.10 Å². The number of amides is 2. The molecule has 0 fully saturated rings. The van der Waals surface area contributed by atoms with E-state index in [4.69, 9.17) is 13.9 Å². The Morgan fingerprint density at radius 3 is 2.37 bits per heavy atom. The smallest absolute Gasteiger partial charge is 0.255 e. The van der Waals surface area contributed by atoms with E-state index < -0.39 is 0 Å². The maximum absolute atomic E-state index is 12.7. The second-order valence-corrected chi connectivity index (χ2v) is 8.05. The number of tetrazole rings is 1. The molecule has 35 heavy (non-hydrogen) atoms. The number of nitrogens with zero attached hydrogens (tertiary/aromatic N) is 4. The van der Waals surface area contributed by atoms with E-state index in [9.17, 15) is 9.59 Å². The van der Waals surface area contributed by atoms with E-state index in [1.165, 1.54) is 26.0 Å². The Morgan fingerprint density at radius 1 is 1.00 bits per heavy atom. The first-order valence-electron chi connectivity index (χ1n) is 10.4. The third-order valence-corrected chi connectivity index (χ3v) is 5.75. The first-order valence-corrected chi connectivity index (χ1v) is 11.4. The van der Waals surface area contributed by atoms with Crippen LogP contribution in [0.5, 0.6) is 11.5 Å². The Morgan fingerprint density at radius 2 is 1.71 bits per heavy atom. The highest BCUT2D eigenvalue weighted by Crippen LogP contribution is 2.36. The zero-order valence-corrected chi connectivity index (χ0v) is 19.7. The lowest BCUT2D eigenvalue weighted by atomic mass is 10.2. The van der Waals surface area contributed by atoms with Crippen LogP contribution in [0.4, 0.5) is 11.4 Å². The van der Waals surface area contributed by atoms with Gasteiger partial charge in [0.05, 0.1) is 37.6 Å². The lowest BCUT2D eigenvalue weighted by Gasteiger charge is -2.16. The van der Waals surface area contributed by atoms with Gasteiger partial charge in [-0.1, -0.05) is 30.0 Å². The number of anilines is 2. The lowest BCUT2D eigenvalue weighted by Crippen LogP contribution is -2.16. The number of furan rings is 1. The van der Waals surface area contributed by atoms with Crippen LogP contribution in [-0.4, -0.2) is 52.0 Å². The zero-order chi connectivity index (χ0) is 24.6. The van der Waals surface area contributed by atoms with Gasteiger partial charge in [0, 0.05) is 17.7 Å². The topological polar surface area (TPSA) is 133 Å². The predicted octanol–water partition coefficient (Wildman–Crippen LogP) is 3.31. The Kier molecular flexibility index (Phi) is 7.63. The molecular formula is C23H22N6O5S. The van der Waals surface area contributed by atoms with Gasteiger partial charge in [-0.2, -0.15) is 0 Å². The van der Waals surface area contributed by atoms with Crippen molar-refractivity contribution in [2.75, 3.05) is 30.6 Å². The number of carbonyl (C=O) groups is 2. The molecule has 2 aromatic heterocycles. The molecule has 2 N–H and O–H groups in total. The van der Waals surface area contributed by atoms with E-state index in [0.717, 1.165) is 0 Å². The molecule has 0 aliphatic carbocycles. The van der Waals surface area contributed by atoms with Gasteiger partial charge >= 0.3 is 0 Å². The average molecular weight is 495 g/mol. The van der Waals surface area contributed by atoms with Crippen molar-refractivity contribution in [2.24, 2.45) is 0 Å². The Bertz CT molecular complexity index is 1290. The fraction of sp³-hybridized carbons (Fsp3) is 0.174. The van der Waals surface area contributed by atoms with Crippen molar-refractivity contribution in [2.45, 2.75) is 11.7 Å². The molecule has 4 aromatic rings. The summed E-state index contributed by atoms with van der Waals surface area (Å²) in [4.78, 5) is 25.2. The third kappa shape index (κ3) is 5.98. The number of thioether (sulfide) groups is 1. The lowest BCUT2D eigenvalue weighted by molar-refractivity contribution is -0.113. The number of carbonyl (C=O) groups excluding carboxylic acids is 2. The van der Waals surface area contributed by atoms with Crippen LogP contribution in [-0.2, 0) is 11.3 Å². The molecule has 12 heteroatoms. The second kappa shape index (κ2) is 11.2. The van der Waals surface area contributed by atoms with E-state index in [1.807, 2.05) is 12.1 Å². The molecule has 0 saturated carbocycles. The molecule has 4 rings (SSSR count). The molecule has 11 nitrogen and oxygen atoms in total. The largest absolute Gasteiger partial charge is 0.494 e. The van der Waals surface area contributed by atoms with E-state index in [-0.39, 0.29) is 17.6 Å². The van der Waals surface area contributed by atoms with Crippen LogP contribution in [0.1, 0.15) is 16.1 Å². The summed E-state index contributed by atoms with van der Waals surface area (Å²) >= 11 is 1.18. The van der Waals surface area contributed by atoms with Crippen molar-refractivity contribution in [1.29, 1.82) is 0 Å². The number of aromatic nitrogens is 4. The van der Waals surface area contributed by atoms with E-state index >= 15 is 0 Å². The Labute approximate surface area is 204 Å². The second-order valence-electron chi connectivity index (χ2n) is 7.11. The highest BCUT2D eigenvalue weighted by atomic mass is 32.2. The first kappa shape index (κ1) is 23.8. The minimum Gasteiger partial charge on any atom is -0.494 e. The minimum absolute atomic E-state index is 0.0521. The number of hydrogen-bond acceptors (Lipinski definition) is 9. The maximum atomic E-state index is 12.7. The molecule has 2 amide bonds. The van der Waals surface area contributed by atoms with Crippen LogP contribution in [0.3, 0.4) is 0 Å². The molecule has 2 aromatic carbocycles. The number of nitrogens with one attached hydrogen (secondary N) is 2. The van der Waals surface area contributed by atoms with Gasteiger partial charge < -0.3 is 24.5 Å². The molecule has 0 radical (unpaired) electrons. The predicted molar refractivity (Wildman–Crippen MR) is 129 cm³/mol. The van der Waals surface area contributed by atoms with E-state index in [1.54, 1.807) is 53.4 Å². The highest BCUT2D eigenvalue weighted by molar-refractivity contribution is 7.99. The number of benzene rings is 2. The highest BCUT2D eigenvalue weighted by Gasteiger charge is 2.17. The van der Waals surface area contributed by atoms with Gasteiger partial charge in [0.1, 0.15) is 23.8 Å². The van der Waals surface area contributed by atoms with Crippen LogP contribution >= 0.6 is 11.8 Å². The number of methoxy groups -OCH3 is 2.